The number of unbranched alkanes of at least 4 members (excludes halogenated alkanes) is 1. The Hall–Kier alpha value is -2.07. The summed E-state index contributed by atoms with van der Waals surface area (Å²) in [6, 6.07) is 12.5. The number of halogens is 1. The molecule has 130 valence electrons. The molecule has 0 saturated heterocycles. The molecule has 0 heterocycles. The molecular formula is C20H26FNO2. The van der Waals surface area contributed by atoms with Crippen LogP contribution in [0.5, 0.6) is 11.5 Å². The Kier molecular flexibility index (Phi) is 7.07. The van der Waals surface area contributed by atoms with Crippen molar-refractivity contribution in [1.82, 2.24) is 0 Å². The summed E-state index contributed by atoms with van der Waals surface area (Å²) < 4.78 is 24.3. The lowest BCUT2D eigenvalue weighted by Crippen LogP contribution is -2.15. The average Bonchev–Trinajstić information content (AvgIpc) is 2.61. The van der Waals surface area contributed by atoms with E-state index in [0.717, 1.165) is 41.9 Å². The molecule has 0 aliphatic heterocycles. The molecule has 2 rings (SSSR count). The van der Waals surface area contributed by atoms with Gasteiger partial charge in [-0.1, -0.05) is 31.5 Å². The fourth-order valence-corrected chi connectivity index (χ4v) is 2.64. The standard InChI is InChI=1S/C20H26FNO2/c1-3-4-11-24-20-13-15(5-10-19(20)23-2)12-17(14-22)16-6-8-18(21)9-7-16/h5-10,13,17H,3-4,11-12,14,22H2,1-2H3. The molecule has 2 N–H and O–H groups in total. The fraction of sp³-hybridized carbons (Fsp3) is 0.400. The van der Waals surface area contributed by atoms with Crippen molar-refractivity contribution in [1.29, 1.82) is 0 Å². The first-order valence-electron chi connectivity index (χ1n) is 8.43. The van der Waals surface area contributed by atoms with Gasteiger partial charge in [0.15, 0.2) is 11.5 Å². The minimum absolute atomic E-state index is 0.141. The number of hydrogen-bond donors (Lipinski definition) is 1. The van der Waals surface area contributed by atoms with Crippen molar-refractivity contribution in [2.45, 2.75) is 32.1 Å². The topological polar surface area (TPSA) is 44.5 Å². The van der Waals surface area contributed by atoms with E-state index < -0.39 is 0 Å². The van der Waals surface area contributed by atoms with Crippen LogP contribution in [0.4, 0.5) is 4.39 Å². The third-order valence-corrected chi connectivity index (χ3v) is 4.09. The van der Waals surface area contributed by atoms with E-state index in [0.29, 0.717) is 13.2 Å². The van der Waals surface area contributed by atoms with Gasteiger partial charge >= 0.3 is 0 Å². The number of benzene rings is 2. The van der Waals surface area contributed by atoms with Crippen molar-refractivity contribution < 1.29 is 13.9 Å². The normalized spacial score (nSPS) is 12.0. The van der Waals surface area contributed by atoms with Crippen LogP contribution in [-0.4, -0.2) is 20.3 Å². The summed E-state index contributed by atoms with van der Waals surface area (Å²) >= 11 is 0. The molecule has 2 aromatic rings. The fourth-order valence-electron chi connectivity index (χ4n) is 2.64. The number of nitrogens with two attached hydrogens (primary N) is 1. The number of hydrogen-bond acceptors (Lipinski definition) is 3. The van der Waals surface area contributed by atoms with Gasteiger partial charge in [-0.2, -0.15) is 0 Å². The lowest BCUT2D eigenvalue weighted by Gasteiger charge is -2.17. The van der Waals surface area contributed by atoms with Gasteiger partial charge in [-0.05, 0) is 54.8 Å². The van der Waals surface area contributed by atoms with Crippen LogP contribution in [-0.2, 0) is 6.42 Å². The highest BCUT2D eigenvalue weighted by molar-refractivity contribution is 5.43. The average molecular weight is 331 g/mol. The van der Waals surface area contributed by atoms with E-state index in [1.807, 2.05) is 18.2 Å². The molecule has 3 nitrogen and oxygen atoms in total. The van der Waals surface area contributed by atoms with E-state index in [9.17, 15) is 4.39 Å². The molecule has 0 saturated carbocycles. The highest BCUT2D eigenvalue weighted by atomic mass is 19.1. The van der Waals surface area contributed by atoms with E-state index >= 15 is 0 Å². The highest BCUT2D eigenvalue weighted by Crippen LogP contribution is 2.30. The van der Waals surface area contributed by atoms with E-state index in [4.69, 9.17) is 15.2 Å². The van der Waals surface area contributed by atoms with E-state index in [2.05, 4.69) is 6.92 Å². The first-order chi connectivity index (χ1) is 11.7. The maximum absolute atomic E-state index is 13.1. The number of rotatable bonds is 9. The van der Waals surface area contributed by atoms with Crippen LogP contribution in [0.2, 0.25) is 0 Å². The van der Waals surface area contributed by atoms with Gasteiger partial charge in [-0.15, -0.1) is 0 Å². The molecule has 0 aliphatic carbocycles. The Morgan fingerprint density at radius 3 is 2.46 bits per heavy atom. The molecule has 0 aliphatic rings. The molecule has 0 fully saturated rings. The zero-order valence-corrected chi connectivity index (χ0v) is 14.4. The molecule has 2 aromatic carbocycles. The van der Waals surface area contributed by atoms with Crippen LogP contribution in [0.1, 0.15) is 36.8 Å². The molecule has 1 atom stereocenters. The second-order valence-corrected chi connectivity index (χ2v) is 5.88. The van der Waals surface area contributed by atoms with Crippen LogP contribution < -0.4 is 15.2 Å². The summed E-state index contributed by atoms with van der Waals surface area (Å²) in [5, 5.41) is 0. The van der Waals surface area contributed by atoms with Crippen LogP contribution in [0.25, 0.3) is 0 Å². The summed E-state index contributed by atoms with van der Waals surface area (Å²) in [6.45, 7) is 3.31. The van der Waals surface area contributed by atoms with Gasteiger partial charge in [0, 0.05) is 5.92 Å². The summed E-state index contributed by atoms with van der Waals surface area (Å²) in [4.78, 5) is 0. The Morgan fingerprint density at radius 1 is 1.08 bits per heavy atom. The van der Waals surface area contributed by atoms with Gasteiger partial charge in [-0.3, -0.25) is 0 Å². The van der Waals surface area contributed by atoms with Crippen molar-refractivity contribution >= 4 is 0 Å². The zero-order chi connectivity index (χ0) is 17.4. The first kappa shape index (κ1) is 18.3. The third kappa shape index (κ3) is 4.96. The zero-order valence-electron chi connectivity index (χ0n) is 14.4. The molecule has 0 amide bonds. The van der Waals surface area contributed by atoms with Crippen LogP contribution in [0.3, 0.4) is 0 Å². The molecule has 0 radical (unpaired) electrons. The molecule has 0 bridgehead atoms. The summed E-state index contributed by atoms with van der Waals surface area (Å²) in [5.74, 6) is 1.41. The predicted octanol–water partition coefficient (Wildman–Crippen LogP) is 4.30. The minimum Gasteiger partial charge on any atom is -0.493 e. The van der Waals surface area contributed by atoms with Crippen molar-refractivity contribution in [3.05, 3.63) is 59.4 Å². The Labute approximate surface area is 143 Å². The largest absolute Gasteiger partial charge is 0.493 e. The smallest absolute Gasteiger partial charge is 0.161 e. The van der Waals surface area contributed by atoms with E-state index in [1.54, 1.807) is 19.2 Å². The minimum atomic E-state index is -0.231. The lowest BCUT2D eigenvalue weighted by atomic mass is 9.92. The van der Waals surface area contributed by atoms with Gasteiger partial charge in [-0.25, -0.2) is 4.39 Å². The van der Waals surface area contributed by atoms with Crippen molar-refractivity contribution in [2.24, 2.45) is 5.73 Å². The molecular weight excluding hydrogens is 305 g/mol. The third-order valence-electron chi connectivity index (χ3n) is 4.09. The molecule has 0 aromatic heterocycles. The van der Waals surface area contributed by atoms with Gasteiger partial charge in [0.1, 0.15) is 5.82 Å². The van der Waals surface area contributed by atoms with Crippen molar-refractivity contribution in [3.8, 4) is 11.5 Å². The Balaban J connectivity index is 2.14. The Bertz CT molecular complexity index is 628. The lowest BCUT2D eigenvalue weighted by molar-refractivity contribution is 0.288. The summed E-state index contributed by atoms with van der Waals surface area (Å²) in [5.41, 5.74) is 8.10. The number of ether oxygens (including phenoxy) is 2. The van der Waals surface area contributed by atoms with E-state index in [-0.39, 0.29) is 11.7 Å². The highest BCUT2D eigenvalue weighted by Gasteiger charge is 2.13. The SMILES string of the molecule is CCCCOc1cc(CC(CN)c2ccc(F)cc2)ccc1OC. The van der Waals surface area contributed by atoms with Gasteiger partial charge in [0.25, 0.3) is 0 Å². The van der Waals surface area contributed by atoms with Gasteiger partial charge < -0.3 is 15.2 Å². The second-order valence-electron chi connectivity index (χ2n) is 5.88. The second kappa shape index (κ2) is 9.28. The number of methoxy groups -OCH3 is 1. The molecule has 4 heteroatoms. The molecule has 24 heavy (non-hydrogen) atoms. The van der Waals surface area contributed by atoms with Crippen LogP contribution in [0, 0.1) is 5.82 Å². The summed E-state index contributed by atoms with van der Waals surface area (Å²) in [6.07, 6.45) is 2.87. The van der Waals surface area contributed by atoms with Gasteiger partial charge in [0.05, 0.1) is 13.7 Å². The van der Waals surface area contributed by atoms with Crippen LogP contribution in [0.15, 0.2) is 42.5 Å². The predicted molar refractivity (Wildman–Crippen MR) is 95.3 cm³/mol. The first-order valence-corrected chi connectivity index (χ1v) is 8.43. The van der Waals surface area contributed by atoms with Gasteiger partial charge in [0.2, 0.25) is 0 Å². The monoisotopic (exact) mass is 331 g/mol. The Morgan fingerprint density at radius 2 is 1.83 bits per heavy atom. The molecule has 0 spiro atoms. The molecule has 1 unspecified atom stereocenters. The maximum atomic E-state index is 13.1. The quantitative estimate of drug-likeness (QED) is 0.697. The summed E-state index contributed by atoms with van der Waals surface area (Å²) in [7, 11) is 1.64. The van der Waals surface area contributed by atoms with Crippen molar-refractivity contribution in [2.75, 3.05) is 20.3 Å². The van der Waals surface area contributed by atoms with E-state index in [1.165, 1.54) is 12.1 Å². The maximum Gasteiger partial charge on any atom is 0.161 e. The van der Waals surface area contributed by atoms with Crippen molar-refractivity contribution in [3.63, 3.8) is 0 Å². The van der Waals surface area contributed by atoms with Crippen LogP contribution >= 0.6 is 0 Å².